The van der Waals surface area contributed by atoms with Crippen molar-refractivity contribution >= 4 is 37.8 Å². The predicted molar refractivity (Wildman–Crippen MR) is 72.0 cm³/mol. The van der Waals surface area contributed by atoms with E-state index in [1.165, 1.54) is 7.11 Å². The van der Waals surface area contributed by atoms with E-state index in [4.69, 9.17) is 5.73 Å². The molecule has 8 heteroatoms. The van der Waals surface area contributed by atoms with Gasteiger partial charge in [-0.2, -0.15) is 0 Å². The van der Waals surface area contributed by atoms with E-state index in [1.54, 1.807) is 0 Å². The highest BCUT2D eigenvalue weighted by Crippen LogP contribution is 2.39. The molecule has 0 bridgehead atoms. The number of thiophene rings is 1. The van der Waals surface area contributed by atoms with Crippen LogP contribution in [0.1, 0.15) is 23.0 Å². The molecule has 0 saturated carbocycles. The fraction of sp³-hybridized carbons (Fsp3) is 0.500. The molecule has 0 radical (unpaired) electrons. The van der Waals surface area contributed by atoms with Gasteiger partial charge < -0.3 is 15.8 Å². The zero-order valence-electron chi connectivity index (χ0n) is 10.4. The lowest BCUT2D eigenvalue weighted by atomic mass is 10.4. The molecule has 0 amide bonds. The Kier molecular flexibility index (Phi) is 4.58. The lowest BCUT2D eigenvalue weighted by molar-refractivity contribution is 0.0607. The molecule has 102 valence electrons. The Hall–Kier alpha value is -1.28. The van der Waals surface area contributed by atoms with Gasteiger partial charge in [0.1, 0.15) is 14.8 Å². The zero-order valence-corrected chi connectivity index (χ0v) is 12.1. The summed E-state index contributed by atoms with van der Waals surface area (Å²) in [5.41, 5.74) is 5.68. The number of methoxy groups -OCH3 is 1. The highest BCUT2D eigenvalue weighted by Gasteiger charge is 2.27. The van der Waals surface area contributed by atoms with Gasteiger partial charge in [-0.05, 0) is 6.42 Å². The van der Waals surface area contributed by atoms with E-state index in [1.807, 2.05) is 6.92 Å². The van der Waals surface area contributed by atoms with Crippen molar-refractivity contribution in [3.05, 3.63) is 4.88 Å². The first-order valence-corrected chi connectivity index (χ1v) is 7.98. The van der Waals surface area contributed by atoms with Gasteiger partial charge in [0.15, 0.2) is 9.84 Å². The molecule has 1 rings (SSSR count). The average Bonchev–Trinajstić information content (AvgIpc) is 2.62. The molecule has 0 unspecified atom stereocenters. The molecule has 1 aromatic heterocycles. The number of hydrogen-bond acceptors (Lipinski definition) is 7. The summed E-state index contributed by atoms with van der Waals surface area (Å²) in [7, 11) is -2.28. The number of carbonyl (C=O) groups is 1. The van der Waals surface area contributed by atoms with Crippen LogP contribution in [0.5, 0.6) is 0 Å². The van der Waals surface area contributed by atoms with Gasteiger partial charge in [-0.1, -0.05) is 6.92 Å². The first-order valence-electron chi connectivity index (χ1n) is 5.27. The average molecular weight is 292 g/mol. The quantitative estimate of drug-likeness (QED) is 0.795. The van der Waals surface area contributed by atoms with E-state index in [9.17, 15) is 13.2 Å². The van der Waals surface area contributed by atoms with Crippen LogP contribution in [0.2, 0.25) is 0 Å². The second-order valence-corrected chi connectivity index (χ2v) is 6.67. The van der Waals surface area contributed by atoms with Gasteiger partial charge in [-0.15, -0.1) is 11.3 Å². The maximum Gasteiger partial charge on any atom is 0.350 e. The van der Waals surface area contributed by atoms with Crippen LogP contribution in [-0.2, 0) is 14.6 Å². The van der Waals surface area contributed by atoms with Crippen molar-refractivity contribution in [2.24, 2.45) is 0 Å². The molecule has 1 heterocycles. The van der Waals surface area contributed by atoms with Crippen molar-refractivity contribution in [3.63, 3.8) is 0 Å². The van der Waals surface area contributed by atoms with Crippen molar-refractivity contribution in [1.82, 2.24) is 0 Å². The predicted octanol–water partition coefficient (Wildman–Crippen LogP) is 1.34. The topological polar surface area (TPSA) is 98.5 Å². The van der Waals surface area contributed by atoms with E-state index in [2.05, 4.69) is 10.1 Å². The molecule has 0 fully saturated rings. The van der Waals surface area contributed by atoms with Crippen molar-refractivity contribution in [1.29, 1.82) is 0 Å². The Morgan fingerprint density at radius 3 is 2.56 bits per heavy atom. The highest BCUT2D eigenvalue weighted by molar-refractivity contribution is 7.91. The number of nitrogens with one attached hydrogen (secondary N) is 1. The normalized spacial score (nSPS) is 11.3. The molecule has 0 aliphatic rings. The van der Waals surface area contributed by atoms with Crippen molar-refractivity contribution in [3.8, 4) is 0 Å². The Morgan fingerprint density at radius 1 is 1.50 bits per heavy atom. The molecule has 1 aromatic rings. The molecule has 0 saturated heterocycles. The minimum atomic E-state index is -3.50. The summed E-state index contributed by atoms with van der Waals surface area (Å²) in [6.45, 7) is 2.55. The third-order valence-corrected chi connectivity index (χ3v) is 4.61. The van der Waals surface area contributed by atoms with Crippen LogP contribution in [0, 0.1) is 0 Å². The fourth-order valence-electron chi connectivity index (χ4n) is 1.40. The van der Waals surface area contributed by atoms with Crippen LogP contribution < -0.4 is 11.1 Å². The Morgan fingerprint density at radius 2 is 2.11 bits per heavy atom. The second-order valence-electron chi connectivity index (χ2n) is 3.69. The van der Waals surface area contributed by atoms with Crippen molar-refractivity contribution < 1.29 is 17.9 Å². The third-order valence-electron chi connectivity index (χ3n) is 2.18. The summed E-state index contributed by atoms with van der Waals surface area (Å²) in [4.78, 5) is 11.6. The Bertz CT molecular complexity index is 548. The molecule has 0 aromatic carbocycles. The van der Waals surface area contributed by atoms with Crippen LogP contribution in [0.4, 0.5) is 10.7 Å². The summed E-state index contributed by atoms with van der Waals surface area (Å²) in [6.07, 6.45) is 1.89. The summed E-state index contributed by atoms with van der Waals surface area (Å²) in [5.74, 6) is -0.632. The summed E-state index contributed by atoms with van der Waals surface area (Å²) >= 11 is 0.996. The summed E-state index contributed by atoms with van der Waals surface area (Å²) in [6, 6.07) is 0. The summed E-state index contributed by atoms with van der Waals surface area (Å²) < 4.78 is 28.0. The number of rotatable bonds is 5. The van der Waals surface area contributed by atoms with Gasteiger partial charge in [0, 0.05) is 12.8 Å². The van der Waals surface area contributed by atoms with Crippen molar-refractivity contribution in [2.45, 2.75) is 18.2 Å². The molecule has 6 nitrogen and oxygen atoms in total. The molecule has 0 atom stereocenters. The lowest BCUT2D eigenvalue weighted by Gasteiger charge is -2.04. The number of ether oxygens (including phenoxy) is 1. The maximum atomic E-state index is 11.7. The minimum absolute atomic E-state index is 0.0265. The van der Waals surface area contributed by atoms with Gasteiger partial charge in [0.25, 0.3) is 0 Å². The molecule has 3 N–H and O–H groups in total. The van der Waals surface area contributed by atoms with E-state index in [0.29, 0.717) is 11.5 Å². The van der Waals surface area contributed by atoms with Crippen LogP contribution in [0.15, 0.2) is 4.90 Å². The highest BCUT2D eigenvalue weighted by atomic mass is 32.2. The third kappa shape index (κ3) is 2.94. The monoisotopic (exact) mass is 292 g/mol. The number of hydrogen-bond donors (Lipinski definition) is 2. The fourth-order valence-corrected chi connectivity index (χ4v) is 3.91. The van der Waals surface area contributed by atoms with Crippen LogP contribution in [-0.4, -0.2) is 34.3 Å². The van der Waals surface area contributed by atoms with E-state index in [-0.39, 0.29) is 15.5 Å². The SMILES string of the molecule is CCCNc1sc(C(=O)OC)c(N)c1S(C)(=O)=O. The molecule has 0 spiro atoms. The molecule has 18 heavy (non-hydrogen) atoms. The number of esters is 1. The Labute approximate surface area is 110 Å². The van der Waals surface area contributed by atoms with Gasteiger partial charge in [0.05, 0.1) is 12.8 Å². The van der Waals surface area contributed by atoms with Gasteiger partial charge >= 0.3 is 5.97 Å². The Balaban J connectivity index is 3.37. The standard InChI is InChI=1S/C10H16N2O4S2/c1-4-5-12-9-8(18(3,14)15)6(11)7(17-9)10(13)16-2/h12H,4-5,11H2,1-3H3. The number of anilines is 2. The largest absolute Gasteiger partial charge is 0.465 e. The van der Waals surface area contributed by atoms with Gasteiger partial charge in [-0.3, -0.25) is 0 Å². The first-order chi connectivity index (χ1) is 8.32. The van der Waals surface area contributed by atoms with Gasteiger partial charge in [0.2, 0.25) is 0 Å². The zero-order chi connectivity index (χ0) is 13.9. The molecular weight excluding hydrogens is 276 g/mol. The molecule has 0 aliphatic carbocycles. The van der Waals surface area contributed by atoms with Gasteiger partial charge in [-0.25, -0.2) is 13.2 Å². The number of nitrogens with two attached hydrogens (primary N) is 1. The van der Waals surface area contributed by atoms with Crippen LogP contribution in [0.25, 0.3) is 0 Å². The van der Waals surface area contributed by atoms with Crippen molar-refractivity contribution in [2.75, 3.05) is 31.0 Å². The number of carbonyl (C=O) groups excluding carboxylic acids is 1. The molecular formula is C10H16N2O4S2. The van der Waals surface area contributed by atoms with Crippen LogP contribution >= 0.6 is 11.3 Å². The minimum Gasteiger partial charge on any atom is -0.465 e. The maximum absolute atomic E-state index is 11.7. The van der Waals surface area contributed by atoms with E-state index < -0.39 is 15.8 Å². The smallest absolute Gasteiger partial charge is 0.350 e. The van der Waals surface area contributed by atoms with E-state index >= 15 is 0 Å². The second kappa shape index (κ2) is 5.57. The number of sulfone groups is 1. The lowest BCUT2D eigenvalue weighted by Crippen LogP contribution is -2.07. The van der Waals surface area contributed by atoms with E-state index in [0.717, 1.165) is 24.0 Å². The van der Waals surface area contributed by atoms with Crippen LogP contribution in [0.3, 0.4) is 0 Å². The number of nitrogen functional groups attached to an aromatic ring is 1. The first kappa shape index (κ1) is 14.8. The molecule has 0 aliphatic heterocycles. The summed E-state index contributed by atoms with van der Waals surface area (Å²) in [5, 5.41) is 3.35.